The number of nitrogens with zero attached hydrogens (tertiary/aromatic N) is 3. The summed E-state index contributed by atoms with van der Waals surface area (Å²) in [6, 6.07) is 23.7. The van der Waals surface area contributed by atoms with Crippen LogP contribution in [0.15, 0.2) is 88.8 Å². The Morgan fingerprint density at radius 2 is 1.71 bits per heavy atom. The van der Waals surface area contributed by atoms with E-state index in [1.54, 1.807) is 23.6 Å². The second-order valence-electron chi connectivity index (χ2n) is 6.12. The molecule has 140 valence electrons. The van der Waals surface area contributed by atoms with Crippen molar-refractivity contribution in [2.45, 2.75) is 16.4 Å². The van der Waals surface area contributed by atoms with E-state index >= 15 is 0 Å². The number of aliphatic hydroxyl groups is 1. The summed E-state index contributed by atoms with van der Waals surface area (Å²) in [4.78, 5) is 2.19. The van der Waals surface area contributed by atoms with Gasteiger partial charge in [-0.15, -0.1) is 5.10 Å². The Morgan fingerprint density at radius 1 is 0.964 bits per heavy atom. The van der Waals surface area contributed by atoms with Gasteiger partial charge in [0.25, 0.3) is 0 Å². The average Bonchev–Trinajstić information content (AvgIpc) is 3.24. The Bertz CT molecular complexity index is 1080. The summed E-state index contributed by atoms with van der Waals surface area (Å²) in [7, 11) is 1.64. The van der Waals surface area contributed by atoms with E-state index in [1.807, 2.05) is 72.9 Å². The van der Waals surface area contributed by atoms with Gasteiger partial charge in [0, 0.05) is 15.4 Å². The minimum atomic E-state index is 0.0492. The van der Waals surface area contributed by atoms with Crippen molar-refractivity contribution in [2.24, 2.45) is 0 Å². The molecule has 6 heteroatoms. The van der Waals surface area contributed by atoms with Gasteiger partial charge in [0.05, 0.1) is 19.9 Å². The summed E-state index contributed by atoms with van der Waals surface area (Å²) in [5.41, 5.74) is 3.55. The number of ether oxygens (including phenoxy) is 1. The maximum absolute atomic E-state index is 9.21. The molecule has 0 amide bonds. The molecule has 1 aromatic heterocycles. The molecule has 0 atom stereocenters. The molecule has 0 radical (unpaired) electrons. The predicted octanol–water partition coefficient (Wildman–Crippen LogP) is 4.59. The number of para-hydroxylation sites is 2. The highest BCUT2D eigenvalue weighted by Crippen LogP contribution is 2.35. The smallest absolute Gasteiger partial charge is 0.144 e. The molecule has 1 N–H and O–H groups in total. The van der Waals surface area contributed by atoms with Crippen LogP contribution in [0.4, 0.5) is 0 Å². The second-order valence-corrected chi connectivity index (χ2v) is 7.24. The van der Waals surface area contributed by atoms with Crippen molar-refractivity contribution in [2.75, 3.05) is 7.11 Å². The van der Waals surface area contributed by atoms with Crippen LogP contribution in [0.3, 0.4) is 0 Å². The highest BCUT2D eigenvalue weighted by molar-refractivity contribution is 7.99. The number of methoxy groups -OCH3 is 1. The molecule has 0 fully saturated rings. The Balaban J connectivity index is 1.66. The Labute approximate surface area is 167 Å². The zero-order valence-corrected chi connectivity index (χ0v) is 16.1. The van der Waals surface area contributed by atoms with Crippen LogP contribution >= 0.6 is 11.8 Å². The van der Waals surface area contributed by atoms with Gasteiger partial charge in [-0.25, -0.2) is 4.68 Å². The number of benzene rings is 3. The van der Waals surface area contributed by atoms with Crippen LogP contribution in [-0.2, 0) is 6.61 Å². The molecule has 28 heavy (non-hydrogen) atoms. The van der Waals surface area contributed by atoms with Crippen molar-refractivity contribution in [3.63, 3.8) is 0 Å². The summed E-state index contributed by atoms with van der Waals surface area (Å²) < 4.78 is 7.15. The Morgan fingerprint density at radius 3 is 2.50 bits per heavy atom. The van der Waals surface area contributed by atoms with Gasteiger partial charge < -0.3 is 9.84 Å². The zero-order chi connectivity index (χ0) is 19.3. The van der Waals surface area contributed by atoms with Crippen molar-refractivity contribution < 1.29 is 9.84 Å². The SMILES string of the molecule is COc1ccccc1-n1cc(-c2ccccc2Sc2ccc(CO)cc2)nn1. The zero-order valence-electron chi connectivity index (χ0n) is 15.3. The van der Waals surface area contributed by atoms with Crippen LogP contribution in [0.25, 0.3) is 16.9 Å². The maximum Gasteiger partial charge on any atom is 0.144 e. The highest BCUT2D eigenvalue weighted by Gasteiger charge is 2.12. The van der Waals surface area contributed by atoms with E-state index in [2.05, 4.69) is 16.4 Å². The van der Waals surface area contributed by atoms with E-state index in [4.69, 9.17) is 4.74 Å². The van der Waals surface area contributed by atoms with Crippen LogP contribution in [0.1, 0.15) is 5.56 Å². The van der Waals surface area contributed by atoms with Gasteiger partial charge in [-0.3, -0.25) is 0 Å². The highest BCUT2D eigenvalue weighted by atomic mass is 32.2. The van der Waals surface area contributed by atoms with E-state index in [1.165, 1.54) is 0 Å². The fraction of sp³-hybridized carbons (Fsp3) is 0.0909. The average molecular weight is 389 g/mol. The van der Waals surface area contributed by atoms with Crippen molar-refractivity contribution in [1.29, 1.82) is 0 Å². The molecule has 0 saturated carbocycles. The van der Waals surface area contributed by atoms with Crippen molar-refractivity contribution in [1.82, 2.24) is 15.0 Å². The van der Waals surface area contributed by atoms with Crippen LogP contribution < -0.4 is 4.74 Å². The molecular formula is C22H19N3O2S. The first kappa shape index (κ1) is 18.3. The third-order valence-electron chi connectivity index (χ3n) is 4.32. The van der Waals surface area contributed by atoms with Gasteiger partial charge in [-0.05, 0) is 35.9 Å². The van der Waals surface area contributed by atoms with Gasteiger partial charge in [-0.1, -0.05) is 59.4 Å². The molecular weight excluding hydrogens is 370 g/mol. The number of hydrogen-bond acceptors (Lipinski definition) is 5. The van der Waals surface area contributed by atoms with Gasteiger partial charge in [0.2, 0.25) is 0 Å². The maximum atomic E-state index is 9.21. The summed E-state index contributed by atoms with van der Waals surface area (Å²) >= 11 is 1.66. The van der Waals surface area contributed by atoms with E-state index in [-0.39, 0.29) is 6.61 Å². The number of aromatic nitrogens is 3. The molecule has 0 bridgehead atoms. The van der Waals surface area contributed by atoms with Crippen LogP contribution in [-0.4, -0.2) is 27.2 Å². The van der Waals surface area contributed by atoms with Crippen molar-refractivity contribution in [3.8, 4) is 22.7 Å². The lowest BCUT2D eigenvalue weighted by Crippen LogP contribution is -1.98. The van der Waals surface area contributed by atoms with Crippen LogP contribution in [0, 0.1) is 0 Å². The summed E-state index contributed by atoms with van der Waals surface area (Å²) in [6.07, 6.45) is 1.91. The van der Waals surface area contributed by atoms with Crippen LogP contribution in [0.2, 0.25) is 0 Å². The van der Waals surface area contributed by atoms with E-state index in [0.29, 0.717) is 0 Å². The van der Waals surface area contributed by atoms with E-state index < -0.39 is 0 Å². The molecule has 0 saturated heterocycles. The van der Waals surface area contributed by atoms with Gasteiger partial charge >= 0.3 is 0 Å². The molecule has 0 aliphatic heterocycles. The molecule has 4 rings (SSSR count). The lowest BCUT2D eigenvalue weighted by Gasteiger charge is -2.08. The number of rotatable bonds is 6. The molecule has 1 heterocycles. The summed E-state index contributed by atoms with van der Waals surface area (Å²) in [6.45, 7) is 0.0492. The second kappa shape index (κ2) is 8.29. The molecule has 0 aliphatic rings. The first-order valence-corrected chi connectivity index (χ1v) is 9.63. The molecule has 4 aromatic rings. The molecule has 5 nitrogen and oxygen atoms in total. The molecule has 0 unspecified atom stereocenters. The van der Waals surface area contributed by atoms with Gasteiger partial charge in [0.15, 0.2) is 0 Å². The van der Waals surface area contributed by atoms with Crippen molar-refractivity contribution >= 4 is 11.8 Å². The lowest BCUT2D eigenvalue weighted by molar-refractivity contribution is 0.282. The standard InChI is InChI=1S/C22H19N3O2S/c1-27-21-8-4-3-7-20(21)25-14-19(23-24-25)18-6-2-5-9-22(18)28-17-12-10-16(15-26)11-13-17/h2-14,26H,15H2,1H3. The largest absolute Gasteiger partial charge is 0.494 e. The summed E-state index contributed by atoms with van der Waals surface area (Å²) in [5, 5.41) is 17.9. The topological polar surface area (TPSA) is 60.2 Å². The van der Waals surface area contributed by atoms with Crippen molar-refractivity contribution in [3.05, 3.63) is 84.6 Å². The van der Waals surface area contributed by atoms with E-state index in [9.17, 15) is 5.11 Å². The van der Waals surface area contributed by atoms with Crippen LogP contribution in [0.5, 0.6) is 5.75 Å². The number of aliphatic hydroxyl groups excluding tert-OH is 1. The minimum absolute atomic E-state index is 0.0492. The first-order valence-electron chi connectivity index (χ1n) is 8.81. The Hall–Kier alpha value is -3.09. The third kappa shape index (κ3) is 3.78. The van der Waals surface area contributed by atoms with Gasteiger partial charge in [0.1, 0.15) is 17.1 Å². The number of hydrogen-bond donors (Lipinski definition) is 1. The lowest BCUT2D eigenvalue weighted by atomic mass is 10.2. The summed E-state index contributed by atoms with van der Waals surface area (Å²) in [5.74, 6) is 0.741. The molecule has 3 aromatic carbocycles. The predicted molar refractivity (Wildman–Crippen MR) is 110 cm³/mol. The minimum Gasteiger partial charge on any atom is -0.494 e. The third-order valence-corrected chi connectivity index (χ3v) is 5.41. The molecule has 0 aliphatic carbocycles. The molecule has 0 spiro atoms. The van der Waals surface area contributed by atoms with E-state index in [0.717, 1.165) is 38.0 Å². The normalized spacial score (nSPS) is 10.8. The monoisotopic (exact) mass is 389 g/mol. The van der Waals surface area contributed by atoms with Gasteiger partial charge in [-0.2, -0.15) is 0 Å². The quantitative estimate of drug-likeness (QED) is 0.523. The fourth-order valence-corrected chi connectivity index (χ4v) is 3.84. The fourth-order valence-electron chi connectivity index (χ4n) is 2.88. The first-order chi connectivity index (χ1) is 13.8. The Kier molecular flexibility index (Phi) is 5.41.